The van der Waals surface area contributed by atoms with Gasteiger partial charge in [0.25, 0.3) is 0 Å². The van der Waals surface area contributed by atoms with Crippen molar-refractivity contribution in [1.29, 1.82) is 0 Å². The largest absolute Gasteiger partial charge is 0.465 e. The minimum Gasteiger partial charge on any atom is -0.465 e. The van der Waals surface area contributed by atoms with Crippen LogP contribution in [0.2, 0.25) is 0 Å². The number of ether oxygens (including phenoxy) is 1. The van der Waals surface area contributed by atoms with Gasteiger partial charge in [0.1, 0.15) is 0 Å². The van der Waals surface area contributed by atoms with Gasteiger partial charge in [0.15, 0.2) is 5.78 Å². The van der Waals surface area contributed by atoms with Gasteiger partial charge in [-0.3, -0.25) is 4.79 Å². The molecule has 4 nitrogen and oxygen atoms in total. The van der Waals surface area contributed by atoms with Crippen LogP contribution in [0.5, 0.6) is 0 Å². The molecule has 0 radical (unpaired) electrons. The molecule has 1 heterocycles. The Morgan fingerprint density at radius 2 is 2.00 bits per heavy atom. The minimum absolute atomic E-state index is 0.110. The van der Waals surface area contributed by atoms with Crippen LogP contribution in [0.4, 0.5) is 0 Å². The van der Waals surface area contributed by atoms with Crippen molar-refractivity contribution in [2.75, 3.05) is 13.0 Å². The Kier molecular flexibility index (Phi) is 3.52. The molecule has 0 unspecified atom stereocenters. The van der Waals surface area contributed by atoms with Crippen molar-refractivity contribution in [2.45, 2.75) is 13.8 Å². The molecule has 0 atom stereocenters. The van der Waals surface area contributed by atoms with Crippen molar-refractivity contribution in [1.82, 2.24) is 4.98 Å². The molecule has 0 amide bonds. The van der Waals surface area contributed by atoms with Gasteiger partial charge in [-0.1, -0.05) is 0 Å². The molecule has 0 saturated heterocycles. The van der Waals surface area contributed by atoms with Crippen LogP contribution in [0.3, 0.4) is 0 Å². The molecule has 1 aromatic rings. The molecule has 0 aromatic carbocycles. The molecule has 0 spiro atoms. The normalized spacial score (nSPS) is 10.1. The number of esters is 1. The number of carbonyl (C=O) groups is 2. The summed E-state index contributed by atoms with van der Waals surface area (Å²) in [7, 11) is 1.30. The van der Waals surface area contributed by atoms with Crippen molar-refractivity contribution >= 4 is 23.4 Å². The minimum atomic E-state index is -0.449. The molecule has 5 heteroatoms. The molecule has 0 saturated carbocycles. The zero-order valence-corrected chi connectivity index (χ0v) is 9.57. The fourth-order valence-corrected chi connectivity index (χ4v) is 1.64. The fraction of sp³-hybridized carbons (Fsp3) is 0.400. The van der Waals surface area contributed by atoms with Crippen LogP contribution < -0.4 is 0 Å². The van der Waals surface area contributed by atoms with Crippen LogP contribution in [0, 0.1) is 13.8 Å². The average molecular weight is 230 g/mol. The number of H-pyrrole nitrogens is 1. The number of rotatable bonds is 3. The first kappa shape index (κ1) is 11.8. The van der Waals surface area contributed by atoms with Crippen LogP contribution >= 0.6 is 11.6 Å². The summed E-state index contributed by atoms with van der Waals surface area (Å²) in [6, 6.07) is 0. The molecule has 1 aromatic heterocycles. The number of carbonyl (C=O) groups excluding carboxylic acids is 2. The van der Waals surface area contributed by atoms with Gasteiger partial charge in [0, 0.05) is 5.69 Å². The summed E-state index contributed by atoms with van der Waals surface area (Å²) in [6.07, 6.45) is 0. The summed E-state index contributed by atoms with van der Waals surface area (Å²) in [4.78, 5) is 25.6. The van der Waals surface area contributed by atoms with Crippen molar-refractivity contribution in [3.05, 3.63) is 22.5 Å². The number of aromatic amines is 1. The summed E-state index contributed by atoms with van der Waals surface area (Å²) >= 11 is 5.45. The molecule has 0 aliphatic carbocycles. The molecule has 82 valence electrons. The predicted octanol–water partition coefficient (Wildman–Crippen LogP) is 1.84. The monoisotopic (exact) mass is 229 g/mol. The maximum absolute atomic E-state index is 11.4. The van der Waals surface area contributed by atoms with Gasteiger partial charge in [-0.15, -0.1) is 11.6 Å². The van der Waals surface area contributed by atoms with Gasteiger partial charge >= 0.3 is 5.97 Å². The summed E-state index contributed by atoms with van der Waals surface area (Å²) in [5.41, 5.74) is 1.99. The lowest BCUT2D eigenvalue weighted by molar-refractivity contribution is 0.0599. The first-order valence-corrected chi connectivity index (χ1v) is 4.93. The van der Waals surface area contributed by atoms with Gasteiger partial charge in [-0.25, -0.2) is 4.79 Å². The van der Waals surface area contributed by atoms with E-state index >= 15 is 0 Å². The number of ketones is 1. The molecule has 0 bridgehead atoms. The SMILES string of the molecule is COC(=O)c1c(C)[nH]c(C(=O)CCl)c1C. The number of alkyl halides is 1. The van der Waals surface area contributed by atoms with Crippen LogP contribution in [0.15, 0.2) is 0 Å². The van der Waals surface area contributed by atoms with E-state index in [9.17, 15) is 9.59 Å². The van der Waals surface area contributed by atoms with Crippen molar-refractivity contribution in [3.63, 3.8) is 0 Å². The molecule has 1 N–H and O–H groups in total. The van der Waals surface area contributed by atoms with Crippen molar-refractivity contribution in [3.8, 4) is 0 Å². The highest BCUT2D eigenvalue weighted by Gasteiger charge is 2.21. The van der Waals surface area contributed by atoms with Crippen molar-refractivity contribution < 1.29 is 14.3 Å². The van der Waals surface area contributed by atoms with Gasteiger partial charge in [-0.05, 0) is 19.4 Å². The van der Waals surface area contributed by atoms with E-state index in [0.717, 1.165) is 0 Å². The zero-order chi connectivity index (χ0) is 11.6. The van der Waals surface area contributed by atoms with Crippen molar-refractivity contribution in [2.24, 2.45) is 0 Å². The van der Waals surface area contributed by atoms with Gasteiger partial charge < -0.3 is 9.72 Å². The first-order chi connectivity index (χ1) is 7.02. The Morgan fingerprint density at radius 1 is 1.40 bits per heavy atom. The Balaban J connectivity index is 3.26. The molecule has 0 aliphatic heterocycles. The van der Waals surface area contributed by atoms with E-state index in [4.69, 9.17) is 11.6 Å². The van der Waals surface area contributed by atoms with E-state index in [2.05, 4.69) is 9.72 Å². The Hall–Kier alpha value is -1.29. The second kappa shape index (κ2) is 4.49. The Labute approximate surface area is 92.6 Å². The molecule has 15 heavy (non-hydrogen) atoms. The van der Waals surface area contributed by atoms with Crippen LogP contribution in [0.25, 0.3) is 0 Å². The number of hydrogen-bond acceptors (Lipinski definition) is 3. The topological polar surface area (TPSA) is 59.2 Å². The molecule has 1 rings (SSSR count). The number of hydrogen-bond donors (Lipinski definition) is 1. The number of aryl methyl sites for hydroxylation is 1. The van der Waals surface area contributed by atoms with Crippen LogP contribution in [-0.4, -0.2) is 29.7 Å². The van der Waals surface area contributed by atoms with Gasteiger partial charge in [0.05, 0.1) is 24.2 Å². The van der Waals surface area contributed by atoms with E-state index in [1.165, 1.54) is 7.11 Å². The fourth-order valence-electron chi connectivity index (χ4n) is 1.50. The van der Waals surface area contributed by atoms with E-state index in [0.29, 0.717) is 22.5 Å². The highest BCUT2D eigenvalue weighted by molar-refractivity contribution is 6.30. The number of Topliss-reactive ketones (excluding diaryl/α,β-unsaturated/α-hetero) is 1. The summed E-state index contributed by atoms with van der Waals surface area (Å²) in [5, 5.41) is 0. The van der Waals surface area contributed by atoms with E-state index in [-0.39, 0.29) is 11.7 Å². The zero-order valence-electron chi connectivity index (χ0n) is 8.81. The number of nitrogens with one attached hydrogen (secondary N) is 1. The molecular formula is C10H12ClNO3. The maximum Gasteiger partial charge on any atom is 0.339 e. The standard InChI is InChI=1S/C10H12ClNO3/c1-5-8(10(14)15-3)6(2)12-9(5)7(13)4-11/h12H,4H2,1-3H3. The molecular weight excluding hydrogens is 218 g/mol. The van der Waals surface area contributed by atoms with Gasteiger partial charge in [-0.2, -0.15) is 0 Å². The highest BCUT2D eigenvalue weighted by Crippen LogP contribution is 2.19. The molecule has 0 aliphatic rings. The lowest BCUT2D eigenvalue weighted by Crippen LogP contribution is -2.05. The van der Waals surface area contributed by atoms with Crippen LogP contribution in [-0.2, 0) is 4.74 Å². The Morgan fingerprint density at radius 3 is 2.47 bits per heavy atom. The van der Waals surface area contributed by atoms with E-state index < -0.39 is 5.97 Å². The third-order valence-corrected chi connectivity index (χ3v) is 2.47. The quantitative estimate of drug-likeness (QED) is 0.489. The number of methoxy groups -OCH3 is 1. The Bertz CT molecular complexity index is 409. The third kappa shape index (κ3) is 2.04. The smallest absolute Gasteiger partial charge is 0.339 e. The third-order valence-electron chi connectivity index (χ3n) is 2.23. The average Bonchev–Trinajstić information content (AvgIpc) is 2.52. The maximum atomic E-state index is 11.4. The lowest BCUT2D eigenvalue weighted by Gasteiger charge is -1.99. The predicted molar refractivity (Wildman–Crippen MR) is 56.7 cm³/mol. The van der Waals surface area contributed by atoms with E-state index in [1.807, 2.05) is 0 Å². The summed E-state index contributed by atoms with van der Waals surface area (Å²) in [5.74, 6) is -0.788. The second-order valence-electron chi connectivity index (χ2n) is 3.17. The summed E-state index contributed by atoms with van der Waals surface area (Å²) in [6.45, 7) is 3.40. The second-order valence-corrected chi connectivity index (χ2v) is 3.44. The molecule has 0 fully saturated rings. The van der Waals surface area contributed by atoms with Crippen LogP contribution in [0.1, 0.15) is 32.1 Å². The van der Waals surface area contributed by atoms with E-state index in [1.54, 1.807) is 13.8 Å². The van der Waals surface area contributed by atoms with Gasteiger partial charge in [0.2, 0.25) is 0 Å². The summed E-state index contributed by atoms with van der Waals surface area (Å²) < 4.78 is 4.62. The first-order valence-electron chi connectivity index (χ1n) is 4.39. The number of aromatic nitrogens is 1. The number of halogens is 1. The lowest BCUT2D eigenvalue weighted by atomic mass is 10.1. The highest BCUT2D eigenvalue weighted by atomic mass is 35.5.